The number of benzene rings is 1. The van der Waals surface area contributed by atoms with Crippen LogP contribution >= 0.6 is 0 Å². The van der Waals surface area contributed by atoms with E-state index in [0.717, 1.165) is 24.5 Å². The minimum absolute atomic E-state index is 0.180. The molecular weight excluding hydrogens is 233 g/mol. The third kappa shape index (κ3) is 3.20. The van der Waals surface area contributed by atoms with E-state index >= 15 is 0 Å². The molecule has 1 aromatic rings. The first kappa shape index (κ1) is 13.0. The van der Waals surface area contributed by atoms with Gasteiger partial charge in [-0.05, 0) is 18.2 Å². The number of rotatable bonds is 2. The zero-order chi connectivity index (χ0) is 13.1. The van der Waals surface area contributed by atoms with Gasteiger partial charge in [0.1, 0.15) is 12.2 Å². The van der Waals surface area contributed by atoms with Crippen LogP contribution in [0.3, 0.4) is 0 Å². The molecule has 0 fully saturated rings. The largest absolute Gasteiger partial charge is 0.417 e. The topological polar surface area (TPSA) is 76.8 Å². The molecule has 1 aromatic carbocycles. The lowest BCUT2D eigenvalue weighted by atomic mass is 10.1. The third-order valence-corrected chi connectivity index (χ3v) is 1.94. The SMILES string of the molecule is CN=CN=C(N)c1cc(N)ccc1C(F)(F)F. The number of amidine groups is 1. The molecular formula is C10H11F3N4. The summed E-state index contributed by atoms with van der Waals surface area (Å²) in [6.07, 6.45) is -3.44. The van der Waals surface area contributed by atoms with Crippen molar-refractivity contribution < 1.29 is 13.2 Å². The van der Waals surface area contributed by atoms with Crippen LogP contribution in [0.1, 0.15) is 11.1 Å². The fourth-order valence-corrected chi connectivity index (χ4v) is 1.21. The molecule has 0 amide bonds. The average molecular weight is 244 g/mol. The highest BCUT2D eigenvalue weighted by molar-refractivity contribution is 6.03. The molecule has 1 rings (SSSR count). The lowest BCUT2D eigenvalue weighted by Gasteiger charge is -2.12. The first-order chi connectivity index (χ1) is 7.86. The number of aliphatic imine (C=N–C) groups is 2. The van der Waals surface area contributed by atoms with Crippen LogP contribution in [0.25, 0.3) is 0 Å². The Bertz CT molecular complexity index is 463. The molecule has 92 valence electrons. The van der Waals surface area contributed by atoms with Crippen molar-refractivity contribution in [3.05, 3.63) is 29.3 Å². The smallest absolute Gasteiger partial charge is 0.399 e. The number of hydrogen-bond donors (Lipinski definition) is 2. The molecule has 4 nitrogen and oxygen atoms in total. The second-order valence-corrected chi connectivity index (χ2v) is 3.19. The fourth-order valence-electron chi connectivity index (χ4n) is 1.21. The van der Waals surface area contributed by atoms with E-state index in [2.05, 4.69) is 9.98 Å². The zero-order valence-electron chi connectivity index (χ0n) is 8.99. The van der Waals surface area contributed by atoms with Crippen LogP contribution in [-0.2, 0) is 6.18 Å². The van der Waals surface area contributed by atoms with E-state index in [9.17, 15) is 13.2 Å². The molecule has 0 aromatic heterocycles. The molecule has 0 radical (unpaired) electrons. The molecule has 7 heteroatoms. The first-order valence-corrected chi connectivity index (χ1v) is 4.57. The van der Waals surface area contributed by atoms with Crippen LogP contribution < -0.4 is 11.5 Å². The summed E-state index contributed by atoms with van der Waals surface area (Å²) in [4.78, 5) is 7.09. The Labute approximate surface area is 95.9 Å². The standard InChI is InChI=1S/C10H11F3N4/c1-16-5-17-9(15)7-4-6(14)2-3-8(7)10(11,12)13/h2-5H,14H2,1H3,(H2,15,16,17). The van der Waals surface area contributed by atoms with E-state index in [1.807, 2.05) is 0 Å². The summed E-state index contributed by atoms with van der Waals surface area (Å²) >= 11 is 0. The predicted octanol–water partition coefficient (Wildman–Crippen LogP) is 1.65. The maximum absolute atomic E-state index is 12.7. The van der Waals surface area contributed by atoms with Crippen molar-refractivity contribution in [2.75, 3.05) is 12.8 Å². The van der Waals surface area contributed by atoms with Gasteiger partial charge in [0.05, 0.1) is 5.56 Å². The summed E-state index contributed by atoms with van der Waals surface area (Å²) in [6.45, 7) is 0. The summed E-state index contributed by atoms with van der Waals surface area (Å²) in [6, 6.07) is 3.16. The second kappa shape index (κ2) is 4.86. The van der Waals surface area contributed by atoms with E-state index in [1.54, 1.807) is 0 Å². The quantitative estimate of drug-likeness (QED) is 0.471. The molecule has 0 saturated carbocycles. The summed E-state index contributed by atoms with van der Waals surface area (Å²) in [7, 11) is 1.43. The Morgan fingerprint density at radius 2 is 2.00 bits per heavy atom. The highest BCUT2D eigenvalue weighted by atomic mass is 19.4. The molecule has 0 aliphatic rings. The van der Waals surface area contributed by atoms with Gasteiger partial charge in [-0.25, -0.2) is 4.99 Å². The van der Waals surface area contributed by atoms with Gasteiger partial charge < -0.3 is 11.5 Å². The van der Waals surface area contributed by atoms with E-state index in [1.165, 1.54) is 7.05 Å². The van der Waals surface area contributed by atoms with Gasteiger partial charge in [-0.3, -0.25) is 4.99 Å². The number of hydrogen-bond acceptors (Lipinski definition) is 2. The average Bonchev–Trinajstić information content (AvgIpc) is 2.24. The van der Waals surface area contributed by atoms with Gasteiger partial charge >= 0.3 is 6.18 Å². The summed E-state index contributed by atoms with van der Waals surface area (Å²) < 4.78 is 38.0. The predicted molar refractivity (Wildman–Crippen MR) is 61.0 cm³/mol. The van der Waals surface area contributed by atoms with Gasteiger partial charge in [-0.2, -0.15) is 13.2 Å². The van der Waals surface area contributed by atoms with Crippen LogP contribution in [0.15, 0.2) is 28.2 Å². The first-order valence-electron chi connectivity index (χ1n) is 4.57. The molecule has 0 aliphatic heterocycles. The van der Waals surface area contributed by atoms with E-state index < -0.39 is 11.7 Å². The van der Waals surface area contributed by atoms with Gasteiger partial charge in [0.15, 0.2) is 0 Å². The van der Waals surface area contributed by atoms with E-state index in [4.69, 9.17) is 11.5 Å². The van der Waals surface area contributed by atoms with Gasteiger partial charge in [0, 0.05) is 18.3 Å². The maximum atomic E-state index is 12.7. The number of nitrogens with two attached hydrogens (primary N) is 2. The summed E-state index contributed by atoms with van der Waals surface area (Å²) in [5.74, 6) is -0.282. The van der Waals surface area contributed by atoms with Crippen molar-refractivity contribution in [1.82, 2.24) is 0 Å². The van der Waals surface area contributed by atoms with Crippen molar-refractivity contribution in [3.8, 4) is 0 Å². The zero-order valence-corrected chi connectivity index (χ0v) is 8.99. The number of nitrogens with zero attached hydrogens (tertiary/aromatic N) is 2. The lowest BCUT2D eigenvalue weighted by Crippen LogP contribution is -2.20. The molecule has 0 saturated heterocycles. The highest BCUT2D eigenvalue weighted by Gasteiger charge is 2.34. The molecule has 0 bridgehead atoms. The monoisotopic (exact) mass is 244 g/mol. The molecule has 17 heavy (non-hydrogen) atoms. The van der Waals surface area contributed by atoms with Crippen LogP contribution in [0.2, 0.25) is 0 Å². The second-order valence-electron chi connectivity index (χ2n) is 3.19. The van der Waals surface area contributed by atoms with Gasteiger partial charge in [-0.15, -0.1) is 0 Å². The Kier molecular flexibility index (Phi) is 3.72. The number of alkyl halides is 3. The fraction of sp³-hybridized carbons (Fsp3) is 0.200. The molecule has 0 spiro atoms. The van der Waals surface area contributed by atoms with Gasteiger partial charge in [0.25, 0.3) is 0 Å². The van der Waals surface area contributed by atoms with Crippen LogP contribution in [-0.4, -0.2) is 19.2 Å². The van der Waals surface area contributed by atoms with Crippen molar-refractivity contribution >= 4 is 17.9 Å². The number of halogens is 3. The Hall–Kier alpha value is -2.05. The summed E-state index contributed by atoms with van der Waals surface area (Å²) in [5.41, 5.74) is 9.93. The molecule has 4 N–H and O–H groups in total. The Morgan fingerprint density at radius 1 is 1.35 bits per heavy atom. The van der Waals surface area contributed by atoms with E-state index in [-0.39, 0.29) is 17.1 Å². The van der Waals surface area contributed by atoms with Crippen molar-refractivity contribution in [2.24, 2.45) is 15.7 Å². The summed E-state index contributed by atoms with van der Waals surface area (Å²) in [5, 5.41) is 0. The number of anilines is 1. The third-order valence-electron chi connectivity index (χ3n) is 1.94. The van der Waals surface area contributed by atoms with Crippen molar-refractivity contribution in [1.29, 1.82) is 0 Å². The van der Waals surface area contributed by atoms with Gasteiger partial charge in [-0.1, -0.05) is 0 Å². The van der Waals surface area contributed by atoms with Gasteiger partial charge in [0.2, 0.25) is 0 Å². The van der Waals surface area contributed by atoms with Crippen molar-refractivity contribution in [2.45, 2.75) is 6.18 Å². The Balaban J connectivity index is 3.35. The minimum atomic E-state index is -4.51. The van der Waals surface area contributed by atoms with Crippen LogP contribution in [0, 0.1) is 0 Å². The van der Waals surface area contributed by atoms with Crippen LogP contribution in [0.4, 0.5) is 18.9 Å². The Morgan fingerprint density at radius 3 is 2.53 bits per heavy atom. The molecule has 0 unspecified atom stereocenters. The van der Waals surface area contributed by atoms with E-state index in [0.29, 0.717) is 0 Å². The molecule has 0 atom stereocenters. The number of nitrogen functional groups attached to an aromatic ring is 1. The molecule has 0 aliphatic carbocycles. The minimum Gasteiger partial charge on any atom is -0.399 e. The molecule has 0 heterocycles. The van der Waals surface area contributed by atoms with Crippen molar-refractivity contribution in [3.63, 3.8) is 0 Å². The highest BCUT2D eigenvalue weighted by Crippen LogP contribution is 2.32. The van der Waals surface area contributed by atoms with Crippen LogP contribution in [0.5, 0.6) is 0 Å². The maximum Gasteiger partial charge on any atom is 0.417 e. The normalized spacial score (nSPS) is 13.3. The lowest BCUT2D eigenvalue weighted by molar-refractivity contribution is -0.137.